The Morgan fingerprint density at radius 2 is 1.21 bits per heavy atom. The van der Waals surface area contributed by atoms with Gasteiger partial charge in [-0.05, 0) is 56.7 Å². The van der Waals surface area contributed by atoms with Crippen LogP contribution < -0.4 is 10.6 Å². The van der Waals surface area contributed by atoms with E-state index in [-0.39, 0.29) is 46.9 Å². The van der Waals surface area contributed by atoms with E-state index in [0.29, 0.717) is 0 Å². The summed E-state index contributed by atoms with van der Waals surface area (Å²) in [5.74, 6) is -6.25. The van der Waals surface area contributed by atoms with Gasteiger partial charge >= 0.3 is 5.97 Å². The quantitative estimate of drug-likeness (QED) is 0.141. The molecule has 3 rings (SSSR count). The number of carboxylic acid groups (broad SMARTS) is 1. The second-order valence-electron chi connectivity index (χ2n) is 11.1. The van der Waals surface area contributed by atoms with Crippen molar-refractivity contribution in [1.82, 2.24) is 10.6 Å². The second-order valence-corrected chi connectivity index (χ2v) is 15.1. The number of hydrogen-bond donors (Lipinski definition) is 3. The van der Waals surface area contributed by atoms with Crippen molar-refractivity contribution >= 4 is 43.2 Å². The molecule has 47 heavy (non-hydrogen) atoms. The van der Waals surface area contributed by atoms with Crippen molar-refractivity contribution in [2.24, 2.45) is 5.92 Å². The van der Waals surface area contributed by atoms with E-state index < -0.39 is 66.7 Å². The van der Waals surface area contributed by atoms with E-state index >= 15 is 0 Å². The number of hydrogen-bond acceptors (Lipinski definition) is 9. The first kappa shape index (κ1) is 37.1. The fourth-order valence-corrected chi connectivity index (χ4v) is 7.85. The van der Waals surface area contributed by atoms with Crippen molar-refractivity contribution in [1.29, 1.82) is 0 Å². The van der Waals surface area contributed by atoms with Crippen molar-refractivity contribution in [2.45, 2.75) is 42.5 Å². The number of benzene rings is 3. The van der Waals surface area contributed by atoms with E-state index in [0.717, 1.165) is 11.1 Å². The Morgan fingerprint density at radius 3 is 1.66 bits per heavy atom. The molecule has 0 unspecified atom stereocenters. The molecule has 0 spiro atoms. The van der Waals surface area contributed by atoms with Crippen LogP contribution in [0, 0.1) is 19.8 Å². The number of ether oxygens (including phenoxy) is 1. The summed E-state index contributed by atoms with van der Waals surface area (Å²) in [6, 6.07) is 15.9. The number of Topliss-reactive ketones (excluding diaryl/α,β-unsaturated/α-hetero) is 1. The summed E-state index contributed by atoms with van der Waals surface area (Å²) in [4.78, 5) is 50.3. The van der Waals surface area contributed by atoms with E-state index in [1.54, 1.807) is 38.1 Å². The lowest BCUT2D eigenvalue weighted by Crippen LogP contribution is -2.47. The maximum atomic E-state index is 13.7. The third-order valence-electron chi connectivity index (χ3n) is 7.28. The highest BCUT2D eigenvalue weighted by molar-refractivity contribution is 7.92. The molecule has 0 radical (unpaired) electrons. The number of sulfone groups is 2. The molecule has 0 saturated carbocycles. The molecule has 12 nitrogen and oxygen atoms in total. The Labute approximate surface area is 274 Å². The lowest BCUT2D eigenvalue weighted by atomic mass is 9.99. The number of methoxy groups -OCH3 is 1. The van der Waals surface area contributed by atoms with Crippen LogP contribution in [0.2, 0.25) is 0 Å². The fourth-order valence-electron chi connectivity index (χ4n) is 4.61. The minimum Gasteiger partial charge on any atom is -0.481 e. The van der Waals surface area contributed by atoms with Crippen molar-refractivity contribution < 1.29 is 45.9 Å². The summed E-state index contributed by atoms with van der Waals surface area (Å²) in [5.41, 5.74) is 1.65. The van der Waals surface area contributed by atoms with Crippen LogP contribution in [0.25, 0.3) is 0 Å². The molecule has 0 heterocycles. The van der Waals surface area contributed by atoms with Gasteiger partial charge in [-0.3, -0.25) is 19.2 Å². The third-order valence-corrected chi connectivity index (χ3v) is 10.9. The Morgan fingerprint density at radius 1 is 0.745 bits per heavy atom. The lowest BCUT2D eigenvalue weighted by Gasteiger charge is -2.19. The molecule has 0 aliphatic rings. The average molecular weight is 687 g/mol. The number of rotatable bonds is 17. The summed E-state index contributed by atoms with van der Waals surface area (Å²) < 4.78 is 58.3. The molecule has 0 aliphatic carbocycles. The second kappa shape index (κ2) is 16.4. The van der Waals surface area contributed by atoms with E-state index in [1.165, 1.54) is 55.6 Å². The maximum absolute atomic E-state index is 13.7. The highest BCUT2D eigenvalue weighted by Gasteiger charge is 2.33. The fraction of sp³-hybridized carbons (Fsp3) is 0.333. The van der Waals surface area contributed by atoms with E-state index in [4.69, 9.17) is 9.84 Å². The zero-order valence-electron chi connectivity index (χ0n) is 26.3. The van der Waals surface area contributed by atoms with Gasteiger partial charge in [0.2, 0.25) is 5.91 Å². The van der Waals surface area contributed by atoms with Crippen LogP contribution in [-0.2, 0) is 34.0 Å². The first-order valence-corrected chi connectivity index (χ1v) is 18.0. The molecule has 0 bridgehead atoms. The van der Waals surface area contributed by atoms with Crippen LogP contribution in [0.4, 0.5) is 0 Å². The van der Waals surface area contributed by atoms with Crippen LogP contribution in [0.15, 0.2) is 82.6 Å². The predicted molar refractivity (Wildman–Crippen MR) is 174 cm³/mol. The van der Waals surface area contributed by atoms with E-state index in [9.17, 15) is 36.0 Å². The molecule has 0 aromatic heterocycles. The van der Waals surface area contributed by atoms with Crippen LogP contribution in [0.5, 0.6) is 0 Å². The molecule has 3 N–H and O–H groups in total. The van der Waals surface area contributed by atoms with Crippen molar-refractivity contribution in [3.8, 4) is 0 Å². The number of aryl methyl sites for hydroxylation is 2. The molecule has 0 aliphatic heterocycles. The standard InChI is InChI=1S/C33H38N2O10S2/c1-22-4-12-27(13-5-22)46(41,42)20-26(21-47(43,44)28-14-6-23(2)7-15-28)31(38)24-8-10-25(11-9-24)32(39)35-29(16-17-30(36)37)33(40)34-18-19-45-3/h4-15,26,29H,16-21H2,1-3H3,(H,34,40)(H,35,39)(H,36,37)/t29-/m0/s1. The van der Waals surface area contributed by atoms with Crippen molar-refractivity contribution in [3.63, 3.8) is 0 Å². The SMILES string of the molecule is COCCNC(=O)[C@H](CCC(=O)O)NC(=O)c1ccc(C(=O)C(CS(=O)(=O)c2ccc(C)cc2)CS(=O)(=O)c2ccc(C)cc2)cc1. The lowest BCUT2D eigenvalue weighted by molar-refractivity contribution is -0.137. The molecule has 3 aromatic carbocycles. The van der Waals surface area contributed by atoms with Gasteiger partial charge in [-0.25, -0.2) is 16.8 Å². The molecular weight excluding hydrogens is 649 g/mol. The topological polar surface area (TPSA) is 190 Å². The number of amides is 2. The first-order valence-electron chi connectivity index (χ1n) is 14.7. The van der Waals surface area contributed by atoms with Gasteiger partial charge in [0, 0.05) is 31.2 Å². The van der Waals surface area contributed by atoms with Crippen molar-refractivity contribution in [3.05, 3.63) is 95.1 Å². The number of carboxylic acids is 1. The molecular formula is C33H38N2O10S2. The Balaban J connectivity index is 1.87. The highest BCUT2D eigenvalue weighted by atomic mass is 32.2. The first-order chi connectivity index (χ1) is 22.1. The molecule has 252 valence electrons. The van der Waals surface area contributed by atoms with Crippen LogP contribution >= 0.6 is 0 Å². The molecule has 0 fully saturated rings. The van der Waals surface area contributed by atoms with Crippen LogP contribution in [-0.4, -0.2) is 83.3 Å². The number of carbonyl (C=O) groups excluding carboxylic acids is 3. The highest BCUT2D eigenvalue weighted by Crippen LogP contribution is 2.23. The normalized spacial score (nSPS) is 12.3. The van der Waals surface area contributed by atoms with E-state index in [2.05, 4.69) is 10.6 Å². The molecule has 14 heteroatoms. The maximum Gasteiger partial charge on any atom is 0.303 e. The minimum atomic E-state index is -4.09. The monoisotopic (exact) mass is 686 g/mol. The van der Waals surface area contributed by atoms with Gasteiger partial charge in [-0.15, -0.1) is 0 Å². The Bertz CT molecular complexity index is 1710. The van der Waals surface area contributed by atoms with E-state index in [1.807, 2.05) is 0 Å². The molecule has 2 amide bonds. The summed E-state index contributed by atoms with van der Waals surface area (Å²) in [6.45, 7) is 3.93. The van der Waals surface area contributed by atoms with Crippen LogP contribution in [0.1, 0.15) is 44.7 Å². The number of aliphatic carboxylic acids is 1. The van der Waals surface area contributed by atoms with Gasteiger partial charge in [0.25, 0.3) is 5.91 Å². The van der Waals surface area contributed by atoms with Gasteiger partial charge in [-0.2, -0.15) is 0 Å². The number of ketones is 1. The minimum absolute atomic E-state index is 0.0236. The Hall–Kier alpha value is -4.40. The summed E-state index contributed by atoms with van der Waals surface area (Å²) in [7, 11) is -6.74. The van der Waals surface area contributed by atoms with Gasteiger partial charge in [0.15, 0.2) is 25.5 Å². The van der Waals surface area contributed by atoms with Gasteiger partial charge in [0.1, 0.15) is 6.04 Å². The Kier molecular flexibility index (Phi) is 13.0. The largest absolute Gasteiger partial charge is 0.481 e. The predicted octanol–water partition coefficient (Wildman–Crippen LogP) is 2.78. The smallest absolute Gasteiger partial charge is 0.303 e. The number of carbonyl (C=O) groups is 4. The van der Waals surface area contributed by atoms with Gasteiger partial charge in [-0.1, -0.05) is 47.5 Å². The molecule has 3 aromatic rings. The zero-order valence-corrected chi connectivity index (χ0v) is 27.9. The third kappa shape index (κ3) is 10.8. The van der Waals surface area contributed by atoms with Gasteiger partial charge in [0.05, 0.1) is 33.8 Å². The zero-order chi connectivity index (χ0) is 34.8. The number of nitrogens with one attached hydrogen (secondary N) is 2. The summed E-state index contributed by atoms with van der Waals surface area (Å²) >= 11 is 0. The van der Waals surface area contributed by atoms with Crippen LogP contribution in [0.3, 0.4) is 0 Å². The summed E-state index contributed by atoms with van der Waals surface area (Å²) in [6.07, 6.45) is -0.558. The average Bonchev–Trinajstić information content (AvgIpc) is 3.02. The van der Waals surface area contributed by atoms with Crippen molar-refractivity contribution in [2.75, 3.05) is 31.8 Å². The molecule has 1 atom stereocenters. The van der Waals surface area contributed by atoms with Gasteiger partial charge < -0.3 is 20.5 Å². The summed E-state index contributed by atoms with van der Waals surface area (Å²) in [5, 5.41) is 14.1. The molecule has 0 saturated heterocycles.